The molecule has 1 N–H and O–H groups in total. The number of benzene rings is 1. The van der Waals surface area contributed by atoms with Crippen LogP contribution in [0.3, 0.4) is 0 Å². The van der Waals surface area contributed by atoms with Crippen LogP contribution in [0, 0.1) is 12.7 Å². The number of aromatic nitrogens is 2. The summed E-state index contributed by atoms with van der Waals surface area (Å²) in [5, 5.41) is 7.25. The first-order valence-electron chi connectivity index (χ1n) is 5.34. The van der Waals surface area contributed by atoms with Gasteiger partial charge < -0.3 is 5.32 Å². The molecule has 1 aromatic carbocycles. The highest BCUT2D eigenvalue weighted by Crippen LogP contribution is 2.16. The maximum absolute atomic E-state index is 13.1. The van der Waals surface area contributed by atoms with Gasteiger partial charge >= 0.3 is 0 Å². The molecule has 3 nitrogen and oxygen atoms in total. The van der Waals surface area contributed by atoms with Crippen LogP contribution in [0.15, 0.2) is 37.2 Å². The maximum atomic E-state index is 13.1. The molecule has 2 rings (SSSR count). The lowest BCUT2D eigenvalue weighted by molar-refractivity contribution is 0.628. The Labute approximate surface area is 99.6 Å². The first kappa shape index (κ1) is 11.4. The number of hydrogen-bond donors (Lipinski definition) is 1. The van der Waals surface area contributed by atoms with E-state index in [4.69, 9.17) is 0 Å². The molecule has 0 fully saturated rings. The monoisotopic (exact) mass is 231 g/mol. The highest BCUT2D eigenvalue weighted by atomic mass is 19.1. The summed E-state index contributed by atoms with van der Waals surface area (Å²) < 4.78 is 14.7. The van der Waals surface area contributed by atoms with Crippen molar-refractivity contribution in [3.63, 3.8) is 0 Å². The molecule has 0 atom stereocenters. The first-order chi connectivity index (χ1) is 8.19. The van der Waals surface area contributed by atoms with Gasteiger partial charge in [-0.1, -0.05) is 12.6 Å². The second-order valence-corrected chi connectivity index (χ2v) is 3.82. The Morgan fingerprint density at radius 1 is 1.53 bits per heavy atom. The van der Waals surface area contributed by atoms with E-state index in [2.05, 4.69) is 17.0 Å². The highest BCUT2D eigenvalue weighted by Gasteiger charge is 2.01. The molecule has 4 heteroatoms. The summed E-state index contributed by atoms with van der Waals surface area (Å²) in [7, 11) is 0. The predicted molar refractivity (Wildman–Crippen MR) is 67.1 cm³/mol. The minimum absolute atomic E-state index is 0.236. The molecule has 1 heterocycles. The molecule has 17 heavy (non-hydrogen) atoms. The molecule has 0 amide bonds. The Balaban J connectivity index is 2.06. The van der Waals surface area contributed by atoms with Crippen molar-refractivity contribution in [2.24, 2.45) is 0 Å². The van der Waals surface area contributed by atoms with Gasteiger partial charge in [0.15, 0.2) is 0 Å². The number of nitrogens with one attached hydrogen (secondary N) is 1. The Morgan fingerprint density at radius 2 is 2.35 bits per heavy atom. The zero-order valence-corrected chi connectivity index (χ0v) is 9.65. The molecule has 0 unspecified atom stereocenters. The summed E-state index contributed by atoms with van der Waals surface area (Å²) in [6, 6.07) is 4.70. The van der Waals surface area contributed by atoms with Crippen LogP contribution in [0.4, 0.5) is 10.1 Å². The number of rotatable bonds is 4. The average molecular weight is 231 g/mol. The lowest BCUT2D eigenvalue weighted by Gasteiger charge is -2.08. The lowest BCUT2D eigenvalue weighted by Crippen LogP contribution is -2.00. The molecule has 0 aliphatic rings. The fourth-order valence-electron chi connectivity index (χ4n) is 1.55. The van der Waals surface area contributed by atoms with Crippen molar-refractivity contribution in [2.75, 3.05) is 5.32 Å². The minimum Gasteiger partial charge on any atom is -0.381 e. The quantitative estimate of drug-likeness (QED) is 0.876. The Morgan fingerprint density at radius 3 is 3.06 bits per heavy atom. The van der Waals surface area contributed by atoms with Gasteiger partial charge in [0, 0.05) is 30.2 Å². The van der Waals surface area contributed by atoms with Crippen molar-refractivity contribution in [1.82, 2.24) is 9.78 Å². The predicted octanol–water partition coefficient (Wildman–Crippen LogP) is 3.04. The summed E-state index contributed by atoms with van der Waals surface area (Å²) in [6.45, 7) is 6.17. The normalized spacial score (nSPS) is 10.2. The fraction of sp³-hybridized carbons (Fsp3) is 0.154. The van der Waals surface area contributed by atoms with E-state index in [0.29, 0.717) is 6.54 Å². The molecule has 0 aliphatic heterocycles. The van der Waals surface area contributed by atoms with Crippen LogP contribution in [0.1, 0.15) is 11.1 Å². The second kappa shape index (κ2) is 4.82. The molecule has 0 bridgehead atoms. The van der Waals surface area contributed by atoms with E-state index >= 15 is 0 Å². The molecular weight excluding hydrogens is 217 g/mol. The van der Waals surface area contributed by atoms with E-state index in [9.17, 15) is 4.39 Å². The van der Waals surface area contributed by atoms with Gasteiger partial charge in [-0.2, -0.15) is 5.10 Å². The molecule has 0 aliphatic carbocycles. The Kier molecular flexibility index (Phi) is 3.23. The van der Waals surface area contributed by atoms with Gasteiger partial charge in [-0.25, -0.2) is 9.07 Å². The van der Waals surface area contributed by atoms with Crippen LogP contribution in [0.5, 0.6) is 0 Å². The van der Waals surface area contributed by atoms with Gasteiger partial charge in [-0.05, 0) is 24.6 Å². The molecule has 0 spiro atoms. The number of anilines is 1. The van der Waals surface area contributed by atoms with Crippen LogP contribution in [0.2, 0.25) is 0 Å². The largest absolute Gasteiger partial charge is 0.381 e. The van der Waals surface area contributed by atoms with Crippen LogP contribution >= 0.6 is 0 Å². The van der Waals surface area contributed by atoms with E-state index in [-0.39, 0.29) is 5.82 Å². The van der Waals surface area contributed by atoms with Crippen molar-refractivity contribution >= 4 is 11.9 Å². The van der Waals surface area contributed by atoms with E-state index in [0.717, 1.165) is 16.8 Å². The second-order valence-electron chi connectivity index (χ2n) is 3.82. The van der Waals surface area contributed by atoms with Crippen LogP contribution < -0.4 is 5.32 Å². The maximum Gasteiger partial charge on any atom is 0.125 e. The van der Waals surface area contributed by atoms with Crippen molar-refractivity contribution in [2.45, 2.75) is 13.5 Å². The van der Waals surface area contributed by atoms with Crippen molar-refractivity contribution in [3.05, 3.63) is 54.1 Å². The number of nitrogens with zero attached hydrogens (tertiary/aromatic N) is 2. The zero-order valence-electron chi connectivity index (χ0n) is 9.65. The van der Waals surface area contributed by atoms with Gasteiger partial charge in [0.2, 0.25) is 0 Å². The third-order valence-electron chi connectivity index (χ3n) is 2.52. The highest BCUT2D eigenvalue weighted by molar-refractivity contribution is 5.50. The van der Waals surface area contributed by atoms with Crippen molar-refractivity contribution in [3.8, 4) is 0 Å². The third kappa shape index (κ3) is 2.72. The van der Waals surface area contributed by atoms with Gasteiger partial charge in [0.25, 0.3) is 0 Å². The molecule has 0 saturated heterocycles. The van der Waals surface area contributed by atoms with E-state index in [1.165, 1.54) is 12.1 Å². The van der Waals surface area contributed by atoms with Crippen LogP contribution in [-0.2, 0) is 6.54 Å². The van der Waals surface area contributed by atoms with Crippen LogP contribution in [-0.4, -0.2) is 9.78 Å². The number of aryl methyl sites for hydroxylation is 1. The smallest absolute Gasteiger partial charge is 0.125 e. The summed E-state index contributed by atoms with van der Waals surface area (Å²) in [5.74, 6) is -0.236. The SMILES string of the molecule is C=Cn1cc(CNc2cc(F)ccc2C)cn1. The number of hydrogen-bond acceptors (Lipinski definition) is 2. The zero-order chi connectivity index (χ0) is 12.3. The van der Waals surface area contributed by atoms with Gasteiger partial charge in [-0.3, -0.25) is 0 Å². The molecule has 2 aromatic rings. The molecule has 1 aromatic heterocycles. The summed E-state index contributed by atoms with van der Waals surface area (Å²) in [6.07, 6.45) is 5.24. The molecule has 0 saturated carbocycles. The first-order valence-corrected chi connectivity index (χ1v) is 5.34. The fourth-order valence-corrected chi connectivity index (χ4v) is 1.55. The standard InChI is InChI=1S/C13H14FN3/c1-3-17-9-11(8-16-17)7-15-13-6-12(14)5-4-10(13)2/h3-6,8-9,15H,1,7H2,2H3. The summed E-state index contributed by atoms with van der Waals surface area (Å²) >= 11 is 0. The average Bonchev–Trinajstić information content (AvgIpc) is 2.78. The summed E-state index contributed by atoms with van der Waals surface area (Å²) in [5.41, 5.74) is 2.84. The number of halogens is 1. The Hall–Kier alpha value is -2.10. The molecule has 0 radical (unpaired) electrons. The molecule has 88 valence electrons. The topological polar surface area (TPSA) is 29.9 Å². The van der Waals surface area contributed by atoms with E-state index in [1.807, 2.05) is 13.1 Å². The minimum atomic E-state index is -0.236. The van der Waals surface area contributed by atoms with Gasteiger partial charge in [0.1, 0.15) is 5.82 Å². The van der Waals surface area contributed by atoms with Crippen molar-refractivity contribution in [1.29, 1.82) is 0 Å². The van der Waals surface area contributed by atoms with Crippen molar-refractivity contribution < 1.29 is 4.39 Å². The molecular formula is C13H14FN3. The summed E-state index contributed by atoms with van der Waals surface area (Å²) in [4.78, 5) is 0. The Bertz CT molecular complexity index is 531. The van der Waals surface area contributed by atoms with Gasteiger partial charge in [0.05, 0.1) is 6.20 Å². The van der Waals surface area contributed by atoms with Gasteiger partial charge in [-0.15, -0.1) is 0 Å². The van der Waals surface area contributed by atoms with E-state index < -0.39 is 0 Å². The third-order valence-corrected chi connectivity index (χ3v) is 2.52. The van der Waals surface area contributed by atoms with Crippen LogP contribution in [0.25, 0.3) is 6.20 Å². The van der Waals surface area contributed by atoms with E-state index in [1.54, 1.807) is 23.1 Å². The lowest BCUT2D eigenvalue weighted by atomic mass is 10.2.